The lowest BCUT2D eigenvalue weighted by molar-refractivity contribution is -0.146. The Morgan fingerprint density at radius 2 is 2.10 bits per heavy atom. The predicted octanol–water partition coefficient (Wildman–Crippen LogP) is 2.37. The fraction of sp³-hybridized carbons (Fsp3) is 0.333. The van der Waals surface area contributed by atoms with Gasteiger partial charge >= 0.3 is 12.0 Å². The lowest BCUT2D eigenvalue weighted by atomic mass is 10.2. The molecule has 0 spiro atoms. The maximum absolute atomic E-state index is 11.6. The number of aliphatic hydroxyl groups excluding tert-OH is 1. The molecule has 0 heterocycles. The van der Waals surface area contributed by atoms with Gasteiger partial charge in [-0.15, -0.1) is 0 Å². The van der Waals surface area contributed by atoms with Crippen molar-refractivity contribution in [2.45, 2.75) is 19.4 Å². The first-order valence-electron chi connectivity index (χ1n) is 5.72. The molecule has 0 aliphatic carbocycles. The van der Waals surface area contributed by atoms with Gasteiger partial charge in [0.25, 0.3) is 0 Å². The number of benzene rings is 1. The molecule has 1 aromatic carbocycles. The molecule has 4 N–H and O–H groups in total. The molecule has 0 bridgehead atoms. The minimum absolute atomic E-state index is 0.0382. The van der Waals surface area contributed by atoms with Gasteiger partial charge in [0, 0.05) is 22.5 Å². The zero-order valence-electron chi connectivity index (χ0n) is 10.6. The number of hydrogen-bond donors (Lipinski definition) is 4. The van der Waals surface area contributed by atoms with Gasteiger partial charge in [-0.05, 0) is 40.5 Å². The van der Waals surface area contributed by atoms with Gasteiger partial charge in [0.05, 0.1) is 5.69 Å². The normalized spacial score (nSPS) is 11.8. The van der Waals surface area contributed by atoms with Crippen molar-refractivity contribution in [3.05, 3.63) is 27.2 Å². The molecule has 1 atom stereocenters. The summed E-state index contributed by atoms with van der Waals surface area (Å²) in [4.78, 5) is 22.0. The highest BCUT2D eigenvalue weighted by molar-refractivity contribution is 9.10. The van der Waals surface area contributed by atoms with E-state index in [9.17, 15) is 9.59 Å². The molecule has 2 amide bonds. The zero-order chi connectivity index (χ0) is 15.3. The summed E-state index contributed by atoms with van der Waals surface area (Å²) in [7, 11) is 0. The van der Waals surface area contributed by atoms with Crippen molar-refractivity contribution in [3.8, 4) is 0 Å². The van der Waals surface area contributed by atoms with Crippen LogP contribution in [0.4, 0.5) is 10.5 Å². The van der Waals surface area contributed by atoms with Crippen molar-refractivity contribution >= 4 is 45.2 Å². The zero-order valence-corrected chi connectivity index (χ0v) is 13.0. The second kappa shape index (κ2) is 7.47. The highest BCUT2D eigenvalue weighted by Gasteiger charge is 2.13. The van der Waals surface area contributed by atoms with E-state index < -0.39 is 18.1 Å². The number of aryl methyl sites for hydroxylation is 1. The van der Waals surface area contributed by atoms with Crippen LogP contribution in [0.1, 0.15) is 12.0 Å². The van der Waals surface area contributed by atoms with E-state index in [1.807, 2.05) is 6.92 Å². The molecular formula is C12H14BrClN2O4. The van der Waals surface area contributed by atoms with Gasteiger partial charge < -0.3 is 20.8 Å². The number of amides is 2. The van der Waals surface area contributed by atoms with Gasteiger partial charge in [-0.3, -0.25) is 0 Å². The lowest BCUT2D eigenvalue weighted by Gasteiger charge is -2.11. The Bertz CT molecular complexity index is 524. The van der Waals surface area contributed by atoms with E-state index in [1.54, 1.807) is 12.1 Å². The lowest BCUT2D eigenvalue weighted by Crippen LogP contribution is -2.33. The second-order valence-corrected chi connectivity index (χ2v) is 5.37. The average Bonchev–Trinajstić information content (AvgIpc) is 2.35. The fourth-order valence-electron chi connectivity index (χ4n) is 1.35. The molecule has 6 nitrogen and oxygen atoms in total. The summed E-state index contributed by atoms with van der Waals surface area (Å²) in [6.07, 6.45) is -1.56. The minimum atomic E-state index is -1.49. The van der Waals surface area contributed by atoms with Gasteiger partial charge in [-0.25, -0.2) is 9.59 Å². The third kappa shape index (κ3) is 4.99. The van der Waals surface area contributed by atoms with E-state index in [0.29, 0.717) is 15.2 Å². The molecular weight excluding hydrogens is 351 g/mol. The number of carboxylic acid groups (broad SMARTS) is 1. The standard InChI is InChI=1S/C12H14BrClN2O4/c1-6-4-7(13)9(5-8(6)14)16-12(20)15-3-2-10(17)11(18)19/h4-5,10,17H,2-3H2,1H3,(H,18,19)(H2,15,16,20). The number of carbonyl (C=O) groups is 2. The van der Waals surface area contributed by atoms with E-state index in [-0.39, 0.29) is 13.0 Å². The average molecular weight is 366 g/mol. The Labute approximate surface area is 129 Å². The first kappa shape index (κ1) is 16.7. The number of carboxylic acids is 1. The van der Waals surface area contributed by atoms with Crippen LogP contribution < -0.4 is 10.6 Å². The Morgan fingerprint density at radius 1 is 1.45 bits per heavy atom. The number of anilines is 1. The summed E-state index contributed by atoms with van der Waals surface area (Å²) >= 11 is 9.26. The van der Waals surface area contributed by atoms with Crippen molar-refractivity contribution in [1.29, 1.82) is 0 Å². The molecule has 1 rings (SSSR count). The van der Waals surface area contributed by atoms with Gasteiger partial charge in [0.1, 0.15) is 0 Å². The van der Waals surface area contributed by atoms with Gasteiger partial charge in [-0.1, -0.05) is 11.6 Å². The first-order valence-corrected chi connectivity index (χ1v) is 6.89. The quantitative estimate of drug-likeness (QED) is 0.644. The molecule has 0 radical (unpaired) electrons. The molecule has 0 aliphatic heterocycles. The van der Waals surface area contributed by atoms with Crippen molar-refractivity contribution in [2.75, 3.05) is 11.9 Å². The number of urea groups is 1. The molecule has 0 aliphatic rings. The molecule has 8 heteroatoms. The van der Waals surface area contributed by atoms with Gasteiger partial charge in [0.15, 0.2) is 6.10 Å². The summed E-state index contributed by atoms with van der Waals surface area (Å²) in [6.45, 7) is 1.88. The smallest absolute Gasteiger partial charge is 0.332 e. The van der Waals surface area contributed by atoms with Crippen LogP contribution in [0.3, 0.4) is 0 Å². The highest BCUT2D eigenvalue weighted by Crippen LogP contribution is 2.28. The van der Waals surface area contributed by atoms with Crippen LogP contribution >= 0.6 is 27.5 Å². The number of nitrogens with one attached hydrogen (secondary N) is 2. The van der Waals surface area contributed by atoms with Crippen LogP contribution in [0.5, 0.6) is 0 Å². The fourth-order valence-corrected chi connectivity index (χ4v) is 2.08. The number of halogens is 2. The molecule has 0 aromatic heterocycles. The van der Waals surface area contributed by atoms with Crippen LogP contribution in [0.25, 0.3) is 0 Å². The minimum Gasteiger partial charge on any atom is -0.479 e. The Morgan fingerprint density at radius 3 is 2.70 bits per heavy atom. The molecule has 0 saturated heterocycles. The van der Waals surface area contributed by atoms with E-state index in [0.717, 1.165) is 5.56 Å². The summed E-state index contributed by atoms with van der Waals surface area (Å²) in [5.41, 5.74) is 1.37. The van der Waals surface area contributed by atoms with E-state index >= 15 is 0 Å². The third-order valence-electron chi connectivity index (χ3n) is 2.48. The Kier molecular flexibility index (Phi) is 6.25. The van der Waals surface area contributed by atoms with E-state index in [4.69, 9.17) is 21.8 Å². The topological polar surface area (TPSA) is 98.7 Å². The van der Waals surface area contributed by atoms with Crippen LogP contribution in [-0.2, 0) is 4.79 Å². The maximum atomic E-state index is 11.6. The number of rotatable bonds is 5. The van der Waals surface area contributed by atoms with Crippen molar-refractivity contribution in [1.82, 2.24) is 5.32 Å². The molecule has 1 aromatic rings. The summed E-state index contributed by atoms with van der Waals surface area (Å²) in [5, 5.41) is 23.1. The van der Waals surface area contributed by atoms with Crippen LogP contribution in [0, 0.1) is 6.92 Å². The number of aliphatic carboxylic acids is 1. The maximum Gasteiger partial charge on any atom is 0.332 e. The highest BCUT2D eigenvalue weighted by atomic mass is 79.9. The van der Waals surface area contributed by atoms with Crippen molar-refractivity contribution in [3.63, 3.8) is 0 Å². The van der Waals surface area contributed by atoms with Gasteiger partial charge in [0.2, 0.25) is 0 Å². The summed E-state index contributed by atoms with van der Waals surface area (Å²) in [6, 6.07) is 2.86. The molecule has 110 valence electrons. The van der Waals surface area contributed by atoms with E-state index in [1.165, 1.54) is 0 Å². The Hall–Kier alpha value is -1.31. The van der Waals surface area contributed by atoms with E-state index in [2.05, 4.69) is 26.6 Å². The molecule has 0 fully saturated rings. The predicted molar refractivity (Wildman–Crippen MR) is 79.2 cm³/mol. The van der Waals surface area contributed by atoms with Crippen LogP contribution in [-0.4, -0.2) is 34.9 Å². The number of aliphatic hydroxyl groups is 1. The Balaban J connectivity index is 2.51. The molecule has 20 heavy (non-hydrogen) atoms. The third-order valence-corrected chi connectivity index (χ3v) is 3.55. The number of hydrogen-bond acceptors (Lipinski definition) is 3. The second-order valence-electron chi connectivity index (χ2n) is 4.10. The SMILES string of the molecule is Cc1cc(Br)c(NC(=O)NCCC(O)C(=O)O)cc1Cl. The number of carbonyl (C=O) groups excluding carboxylic acids is 1. The van der Waals surface area contributed by atoms with Crippen LogP contribution in [0.15, 0.2) is 16.6 Å². The molecule has 1 unspecified atom stereocenters. The monoisotopic (exact) mass is 364 g/mol. The largest absolute Gasteiger partial charge is 0.479 e. The summed E-state index contributed by atoms with van der Waals surface area (Å²) < 4.78 is 0.681. The van der Waals surface area contributed by atoms with Gasteiger partial charge in [-0.2, -0.15) is 0 Å². The molecule has 0 saturated carbocycles. The first-order chi connectivity index (χ1) is 9.31. The summed E-state index contributed by atoms with van der Waals surface area (Å²) in [5.74, 6) is -1.32. The van der Waals surface area contributed by atoms with Crippen molar-refractivity contribution < 1.29 is 19.8 Å². The van der Waals surface area contributed by atoms with Crippen molar-refractivity contribution in [2.24, 2.45) is 0 Å². The van der Waals surface area contributed by atoms with Crippen LogP contribution in [0.2, 0.25) is 5.02 Å².